The van der Waals surface area contributed by atoms with Crippen molar-refractivity contribution in [3.63, 3.8) is 0 Å². The van der Waals surface area contributed by atoms with Crippen molar-refractivity contribution in [3.05, 3.63) is 64.7 Å². The van der Waals surface area contributed by atoms with E-state index >= 15 is 0 Å². The van der Waals surface area contributed by atoms with Crippen LogP contribution >= 0.6 is 11.6 Å². The zero-order chi connectivity index (χ0) is 18.7. The van der Waals surface area contributed by atoms with Crippen LogP contribution in [0.25, 0.3) is 0 Å². The number of piperazine rings is 1. The van der Waals surface area contributed by atoms with Crippen molar-refractivity contribution in [2.45, 2.75) is 11.4 Å². The number of carbonyl (C=O) groups is 1. The lowest BCUT2D eigenvalue weighted by Crippen LogP contribution is -2.48. The molecule has 1 heterocycles. The fraction of sp³-hybridized carbons (Fsp3) is 0.316. The lowest BCUT2D eigenvalue weighted by atomic mass is 10.1. The van der Waals surface area contributed by atoms with Crippen molar-refractivity contribution in [2.24, 2.45) is 0 Å². The normalized spacial score (nSPS) is 15.8. The molecule has 0 spiro atoms. The largest absolute Gasteiger partial charge is 0.336 e. The van der Waals surface area contributed by atoms with Gasteiger partial charge in [-0.3, -0.25) is 9.69 Å². The number of sulfone groups is 1. The number of hydrogen-bond acceptors (Lipinski definition) is 4. The molecule has 0 radical (unpaired) electrons. The van der Waals surface area contributed by atoms with Crippen LogP contribution < -0.4 is 0 Å². The second-order valence-corrected chi connectivity index (χ2v) is 8.94. The Labute approximate surface area is 159 Å². The zero-order valence-corrected chi connectivity index (χ0v) is 16.1. The first-order chi connectivity index (χ1) is 12.3. The zero-order valence-electron chi connectivity index (χ0n) is 14.6. The summed E-state index contributed by atoms with van der Waals surface area (Å²) in [6, 6.07) is 13.9. The Morgan fingerprint density at radius 3 is 2.08 bits per heavy atom. The highest BCUT2D eigenvalue weighted by Gasteiger charge is 2.22. The Morgan fingerprint density at radius 2 is 1.54 bits per heavy atom. The summed E-state index contributed by atoms with van der Waals surface area (Å²) in [5, 5.41) is 0.728. The minimum absolute atomic E-state index is 0.0591. The Morgan fingerprint density at radius 1 is 0.962 bits per heavy atom. The molecule has 0 N–H and O–H groups in total. The second kappa shape index (κ2) is 7.78. The van der Waals surface area contributed by atoms with Crippen LogP contribution in [0.15, 0.2) is 53.4 Å². The van der Waals surface area contributed by atoms with Crippen LogP contribution in [0, 0.1) is 0 Å². The highest BCUT2D eigenvalue weighted by molar-refractivity contribution is 7.90. The van der Waals surface area contributed by atoms with Gasteiger partial charge in [0.05, 0.1) is 4.90 Å². The van der Waals surface area contributed by atoms with E-state index in [4.69, 9.17) is 11.6 Å². The number of carbonyl (C=O) groups excluding carboxylic acids is 1. The molecule has 138 valence electrons. The quantitative estimate of drug-likeness (QED) is 0.802. The third kappa shape index (κ3) is 4.63. The molecule has 2 aromatic rings. The molecule has 7 heteroatoms. The predicted octanol–water partition coefficient (Wildman–Crippen LogP) is 2.70. The van der Waals surface area contributed by atoms with Gasteiger partial charge in [-0.25, -0.2) is 8.42 Å². The first kappa shape index (κ1) is 18.9. The topological polar surface area (TPSA) is 57.7 Å². The van der Waals surface area contributed by atoms with Gasteiger partial charge in [-0.15, -0.1) is 0 Å². The molecule has 2 aromatic carbocycles. The number of rotatable bonds is 4. The van der Waals surface area contributed by atoms with Gasteiger partial charge >= 0.3 is 0 Å². The van der Waals surface area contributed by atoms with Crippen molar-refractivity contribution in [1.82, 2.24) is 9.80 Å². The molecule has 1 saturated heterocycles. The maximum atomic E-state index is 12.6. The predicted molar refractivity (Wildman–Crippen MR) is 102 cm³/mol. The minimum atomic E-state index is -3.25. The lowest BCUT2D eigenvalue weighted by Gasteiger charge is -2.34. The van der Waals surface area contributed by atoms with E-state index < -0.39 is 9.84 Å². The molecular formula is C19H21ClN2O3S. The Bertz CT molecular complexity index is 872. The number of halogens is 1. The summed E-state index contributed by atoms with van der Waals surface area (Å²) in [5.41, 5.74) is 1.72. The van der Waals surface area contributed by atoms with E-state index in [1.807, 2.05) is 29.2 Å². The molecule has 1 aliphatic rings. The van der Waals surface area contributed by atoms with Crippen LogP contribution in [-0.4, -0.2) is 56.6 Å². The fourth-order valence-electron chi connectivity index (χ4n) is 2.98. The van der Waals surface area contributed by atoms with Gasteiger partial charge in [-0.05, 0) is 42.0 Å². The Balaban J connectivity index is 1.57. The molecule has 0 unspecified atom stereocenters. The molecule has 1 aliphatic heterocycles. The maximum absolute atomic E-state index is 12.6. The molecule has 5 nitrogen and oxygen atoms in total. The van der Waals surface area contributed by atoms with Gasteiger partial charge in [0.15, 0.2) is 9.84 Å². The Hall–Kier alpha value is -1.89. The lowest BCUT2D eigenvalue weighted by molar-refractivity contribution is 0.0628. The average Bonchev–Trinajstić information content (AvgIpc) is 2.63. The van der Waals surface area contributed by atoms with Crippen molar-refractivity contribution >= 4 is 27.3 Å². The third-order valence-electron chi connectivity index (χ3n) is 4.51. The SMILES string of the molecule is CS(=O)(=O)c1ccc(C(=O)N2CCN(Cc3ccc(Cl)cc3)CC2)cc1. The number of nitrogens with zero attached hydrogens (tertiary/aromatic N) is 2. The van der Waals surface area contributed by atoms with Crippen molar-refractivity contribution < 1.29 is 13.2 Å². The van der Waals surface area contributed by atoms with Crippen molar-refractivity contribution in [3.8, 4) is 0 Å². The summed E-state index contributed by atoms with van der Waals surface area (Å²) in [6.45, 7) is 3.74. The van der Waals surface area contributed by atoms with Crippen LogP contribution in [0.5, 0.6) is 0 Å². The minimum Gasteiger partial charge on any atom is -0.336 e. The highest BCUT2D eigenvalue weighted by Crippen LogP contribution is 2.15. The molecule has 0 aliphatic carbocycles. The van der Waals surface area contributed by atoms with Crippen LogP contribution in [0.4, 0.5) is 0 Å². The first-order valence-electron chi connectivity index (χ1n) is 8.39. The number of hydrogen-bond donors (Lipinski definition) is 0. The van der Waals surface area contributed by atoms with E-state index in [9.17, 15) is 13.2 Å². The molecule has 1 amide bonds. The molecular weight excluding hydrogens is 372 g/mol. The Kier molecular flexibility index (Phi) is 5.65. The summed E-state index contributed by atoms with van der Waals surface area (Å²) in [7, 11) is -3.25. The number of benzene rings is 2. The summed E-state index contributed by atoms with van der Waals surface area (Å²) in [6.07, 6.45) is 1.16. The summed E-state index contributed by atoms with van der Waals surface area (Å²) < 4.78 is 23.0. The summed E-state index contributed by atoms with van der Waals surface area (Å²) >= 11 is 5.91. The van der Waals surface area contributed by atoms with Crippen LogP contribution in [0.1, 0.15) is 15.9 Å². The van der Waals surface area contributed by atoms with Crippen LogP contribution in [-0.2, 0) is 16.4 Å². The summed E-state index contributed by atoms with van der Waals surface area (Å²) in [4.78, 5) is 16.9. The van der Waals surface area contributed by atoms with Gasteiger partial charge in [0.1, 0.15) is 0 Å². The molecule has 1 fully saturated rings. The molecule has 0 saturated carbocycles. The smallest absolute Gasteiger partial charge is 0.253 e. The molecule has 0 bridgehead atoms. The molecule has 0 atom stereocenters. The van der Waals surface area contributed by atoms with E-state index in [-0.39, 0.29) is 10.8 Å². The standard InChI is InChI=1S/C19H21ClN2O3S/c1-26(24,25)18-8-4-16(5-9-18)19(23)22-12-10-21(11-13-22)14-15-2-6-17(20)7-3-15/h2-9H,10-14H2,1H3. The van der Waals surface area contributed by atoms with Crippen molar-refractivity contribution in [2.75, 3.05) is 32.4 Å². The van der Waals surface area contributed by atoms with E-state index in [2.05, 4.69) is 4.90 Å². The maximum Gasteiger partial charge on any atom is 0.253 e. The van der Waals surface area contributed by atoms with E-state index in [0.29, 0.717) is 18.7 Å². The monoisotopic (exact) mass is 392 g/mol. The molecule has 26 heavy (non-hydrogen) atoms. The highest BCUT2D eigenvalue weighted by atomic mass is 35.5. The van der Waals surface area contributed by atoms with Crippen LogP contribution in [0.2, 0.25) is 5.02 Å². The summed E-state index contributed by atoms with van der Waals surface area (Å²) in [5.74, 6) is -0.0591. The van der Waals surface area contributed by atoms with E-state index in [1.165, 1.54) is 17.7 Å². The number of amides is 1. The average molecular weight is 393 g/mol. The second-order valence-electron chi connectivity index (χ2n) is 6.49. The van der Waals surface area contributed by atoms with Gasteiger partial charge in [-0.1, -0.05) is 23.7 Å². The van der Waals surface area contributed by atoms with Gasteiger partial charge in [-0.2, -0.15) is 0 Å². The van der Waals surface area contributed by atoms with Gasteiger partial charge < -0.3 is 4.90 Å². The van der Waals surface area contributed by atoms with E-state index in [1.54, 1.807) is 12.1 Å². The van der Waals surface area contributed by atoms with E-state index in [0.717, 1.165) is 30.9 Å². The molecule has 3 rings (SSSR count). The van der Waals surface area contributed by atoms with Crippen molar-refractivity contribution in [1.29, 1.82) is 0 Å². The van der Waals surface area contributed by atoms with Gasteiger partial charge in [0, 0.05) is 49.6 Å². The molecule has 0 aromatic heterocycles. The first-order valence-corrected chi connectivity index (χ1v) is 10.7. The van der Waals surface area contributed by atoms with Gasteiger partial charge in [0.25, 0.3) is 5.91 Å². The van der Waals surface area contributed by atoms with Crippen LogP contribution in [0.3, 0.4) is 0 Å². The fourth-order valence-corrected chi connectivity index (χ4v) is 3.74. The van der Waals surface area contributed by atoms with Gasteiger partial charge in [0.2, 0.25) is 0 Å². The third-order valence-corrected chi connectivity index (χ3v) is 5.89.